The minimum Gasteiger partial charge on any atom is -0.264 e. The van der Waals surface area contributed by atoms with Crippen LogP contribution in [0.25, 0.3) is 33.6 Å². The summed E-state index contributed by atoms with van der Waals surface area (Å²) in [7, 11) is 0. The number of benzene rings is 1. The number of nitrogens with zero attached hydrogens (tertiary/aromatic N) is 4. The van der Waals surface area contributed by atoms with E-state index in [1.807, 2.05) is 42.5 Å². The van der Waals surface area contributed by atoms with Gasteiger partial charge in [0.1, 0.15) is 5.69 Å². The molecule has 0 aliphatic carbocycles. The van der Waals surface area contributed by atoms with Gasteiger partial charge < -0.3 is 0 Å². The molecule has 0 saturated carbocycles. The lowest BCUT2D eigenvalue weighted by Crippen LogP contribution is -1.96. The summed E-state index contributed by atoms with van der Waals surface area (Å²) < 4.78 is 0. The van der Waals surface area contributed by atoms with E-state index in [0.717, 1.165) is 33.6 Å². The third-order valence-corrected chi connectivity index (χ3v) is 3.77. The number of hydrogen-bond acceptors (Lipinski definition) is 4. The number of hydrogen-bond donors (Lipinski definition) is 0. The Kier molecular flexibility index (Phi) is 3.78. The minimum absolute atomic E-state index is 0.801. The summed E-state index contributed by atoms with van der Waals surface area (Å²) in [6.45, 7) is 0. The van der Waals surface area contributed by atoms with Gasteiger partial charge in [-0.05, 0) is 35.9 Å². The van der Waals surface area contributed by atoms with Crippen LogP contribution in [-0.4, -0.2) is 20.2 Å². The fourth-order valence-electron chi connectivity index (χ4n) is 2.60. The Morgan fingerprint density at radius 1 is 0.583 bits per heavy atom. The van der Waals surface area contributed by atoms with Crippen LogP contribution in [-0.2, 0) is 0 Å². The van der Waals surface area contributed by atoms with Crippen LogP contribution in [0.15, 0.2) is 85.5 Å². The second-order valence-electron chi connectivity index (χ2n) is 5.34. The molecule has 0 aliphatic heterocycles. The van der Waals surface area contributed by atoms with Crippen LogP contribution in [0.1, 0.15) is 0 Å². The van der Waals surface area contributed by atoms with Crippen molar-refractivity contribution in [3.05, 3.63) is 85.5 Å². The smallest absolute Gasteiger partial charge is 0.102 e. The minimum atomic E-state index is 0.801. The van der Waals surface area contributed by atoms with Gasteiger partial charge in [0.25, 0.3) is 0 Å². The van der Waals surface area contributed by atoms with Crippen LogP contribution in [0.3, 0.4) is 0 Å². The zero-order valence-corrected chi connectivity index (χ0v) is 12.9. The molecular formula is C20H14N4. The van der Waals surface area contributed by atoms with Crippen LogP contribution in [0.5, 0.6) is 0 Å². The Morgan fingerprint density at radius 2 is 1.25 bits per heavy atom. The van der Waals surface area contributed by atoms with Gasteiger partial charge in [-0.25, -0.2) is 0 Å². The maximum atomic E-state index is 4.48. The standard InChI is InChI=1S/C20H14N4/c1-2-6-15(7-3-1)18-12-19(16-8-4-10-21-13-16)23-24-20(18)17-9-5-11-22-14-17/h1-14H. The fourth-order valence-corrected chi connectivity index (χ4v) is 2.60. The van der Waals surface area contributed by atoms with Gasteiger partial charge >= 0.3 is 0 Å². The monoisotopic (exact) mass is 310 g/mol. The lowest BCUT2D eigenvalue weighted by atomic mass is 9.99. The predicted molar refractivity (Wildman–Crippen MR) is 93.9 cm³/mol. The Labute approximate surface area is 139 Å². The largest absolute Gasteiger partial charge is 0.264 e. The second-order valence-corrected chi connectivity index (χ2v) is 5.34. The highest BCUT2D eigenvalue weighted by atomic mass is 15.1. The van der Waals surface area contributed by atoms with Gasteiger partial charge in [-0.15, -0.1) is 10.2 Å². The highest BCUT2D eigenvalue weighted by Crippen LogP contribution is 2.32. The molecule has 3 aromatic heterocycles. The molecule has 0 fully saturated rings. The summed E-state index contributed by atoms with van der Waals surface area (Å²) in [5.41, 5.74) is 5.63. The molecule has 0 radical (unpaired) electrons. The van der Waals surface area contributed by atoms with Crippen molar-refractivity contribution >= 4 is 0 Å². The van der Waals surface area contributed by atoms with E-state index in [-0.39, 0.29) is 0 Å². The lowest BCUT2D eigenvalue weighted by Gasteiger charge is -2.10. The summed E-state index contributed by atoms with van der Waals surface area (Å²) in [5.74, 6) is 0. The van der Waals surface area contributed by atoms with Gasteiger partial charge in [0.2, 0.25) is 0 Å². The first-order valence-corrected chi connectivity index (χ1v) is 7.66. The zero-order chi connectivity index (χ0) is 16.2. The maximum Gasteiger partial charge on any atom is 0.102 e. The molecule has 1 aromatic carbocycles. The average molecular weight is 310 g/mol. The van der Waals surface area contributed by atoms with E-state index >= 15 is 0 Å². The summed E-state index contributed by atoms with van der Waals surface area (Å²) in [6.07, 6.45) is 7.10. The van der Waals surface area contributed by atoms with E-state index in [1.165, 1.54) is 0 Å². The molecule has 0 bridgehead atoms. The van der Waals surface area contributed by atoms with E-state index in [1.54, 1.807) is 24.8 Å². The van der Waals surface area contributed by atoms with Crippen LogP contribution >= 0.6 is 0 Å². The van der Waals surface area contributed by atoms with Crippen LogP contribution in [0.2, 0.25) is 0 Å². The van der Waals surface area contributed by atoms with Gasteiger partial charge in [0.15, 0.2) is 0 Å². The van der Waals surface area contributed by atoms with Crippen LogP contribution in [0, 0.1) is 0 Å². The topological polar surface area (TPSA) is 51.6 Å². The lowest BCUT2D eigenvalue weighted by molar-refractivity contribution is 1.04. The van der Waals surface area contributed by atoms with Crippen molar-refractivity contribution < 1.29 is 0 Å². The normalized spacial score (nSPS) is 10.5. The molecule has 114 valence electrons. The van der Waals surface area contributed by atoms with Crippen molar-refractivity contribution in [3.63, 3.8) is 0 Å². The van der Waals surface area contributed by atoms with Crippen LogP contribution < -0.4 is 0 Å². The van der Waals surface area contributed by atoms with E-state index < -0.39 is 0 Å². The summed E-state index contributed by atoms with van der Waals surface area (Å²) >= 11 is 0. The first kappa shape index (κ1) is 14.2. The quantitative estimate of drug-likeness (QED) is 0.567. The molecule has 4 nitrogen and oxygen atoms in total. The fraction of sp³-hybridized carbons (Fsp3) is 0. The molecule has 0 atom stereocenters. The first-order valence-electron chi connectivity index (χ1n) is 7.66. The number of pyridine rings is 2. The Balaban J connectivity index is 1.92. The molecule has 3 heterocycles. The van der Waals surface area contributed by atoms with E-state index in [4.69, 9.17) is 0 Å². The molecule has 0 aliphatic rings. The van der Waals surface area contributed by atoms with Crippen molar-refractivity contribution in [1.29, 1.82) is 0 Å². The molecule has 0 N–H and O–H groups in total. The van der Waals surface area contributed by atoms with E-state index in [2.05, 4.69) is 38.4 Å². The van der Waals surface area contributed by atoms with Gasteiger partial charge in [-0.3, -0.25) is 9.97 Å². The second kappa shape index (κ2) is 6.38. The van der Waals surface area contributed by atoms with Gasteiger partial charge in [-0.2, -0.15) is 0 Å². The molecule has 0 amide bonds. The Bertz CT molecular complexity index is 939. The summed E-state index contributed by atoms with van der Waals surface area (Å²) in [6, 6.07) is 20.0. The zero-order valence-electron chi connectivity index (χ0n) is 12.9. The van der Waals surface area contributed by atoms with Crippen molar-refractivity contribution in [2.24, 2.45) is 0 Å². The summed E-state index contributed by atoms with van der Waals surface area (Å²) in [5, 5.41) is 8.88. The van der Waals surface area contributed by atoms with E-state index in [0.29, 0.717) is 0 Å². The molecule has 4 heteroatoms. The van der Waals surface area contributed by atoms with Crippen molar-refractivity contribution in [2.45, 2.75) is 0 Å². The van der Waals surface area contributed by atoms with Gasteiger partial charge in [0.05, 0.1) is 5.69 Å². The number of rotatable bonds is 3. The Morgan fingerprint density at radius 3 is 1.92 bits per heavy atom. The Hall–Kier alpha value is -3.40. The SMILES string of the molecule is c1ccc(-c2cc(-c3cccnc3)nnc2-c2cccnc2)cc1. The van der Waals surface area contributed by atoms with Crippen molar-refractivity contribution in [3.8, 4) is 33.6 Å². The van der Waals surface area contributed by atoms with Crippen LogP contribution in [0.4, 0.5) is 0 Å². The molecule has 0 spiro atoms. The molecule has 0 saturated heterocycles. The maximum absolute atomic E-state index is 4.48. The van der Waals surface area contributed by atoms with Crippen molar-refractivity contribution in [1.82, 2.24) is 20.2 Å². The molecule has 24 heavy (non-hydrogen) atoms. The van der Waals surface area contributed by atoms with Crippen molar-refractivity contribution in [2.75, 3.05) is 0 Å². The number of aromatic nitrogens is 4. The highest BCUT2D eigenvalue weighted by Gasteiger charge is 2.12. The average Bonchev–Trinajstić information content (AvgIpc) is 2.69. The first-order chi connectivity index (χ1) is 11.9. The highest BCUT2D eigenvalue weighted by molar-refractivity contribution is 5.82. The van der Waals surface area contributed by atoms with E-state index in [9.17, 15) is 0 Å². The predicted octanol–water partition coefficient (Wildman–Crippen LogP) is 4.27. The van der Waals surface area contributed by atoms with Gasteiger partial charge in [-0.1, -0.05) is 30.3 Å². The third-order valence-electron chi connectivity index (χ3n) is 3.77. The third kappa shape index (κ3) is 2.77. The molecule has 4 rings (SSSR count). The molecular weight excluding hydrogens is 296 g/mol. The van der Waals surface area contributed by atoms with Gasteiger partial charge in [0, 0.05) is 41.5 Å². The molecule has 0 unspecified atom stereocenters. The molecule has 4 aromatic rings. The summed E-state index contributed by atoms with van der Waals surface area (Å²) in [4.78, 5) is 8.36.